The van der Waals surface area contributed by atoms with Crippen molar-refractivity contribution in [2.75, 3.05) is 26.2 Å². The van der Waals surface area contributed by atoms with Crippen LogP contribution >= 0.6 is 0 Å². The zero-order chi connectivity index (χ0) is 25.9. The monoisotopic (exact) mass is 490 g/mol. The molecule has 1 unspecified atom stereocenters. The molecule has 0 aromatic heterocycles. The predicted molar refractivity (Wildman–Crippen MR) is 145 cm³/mol. The summed E-state index contributed by atoms with van der Waals surface area (Å²) in [5.41, 5.74) is 10.4. The van der Waals surface area contributed by atoms with Crippen LogP contribution in [0.3, 0.4) is 0 Å². The third-order valence-electron chi connectivity index (χ3n) is 6.66. The van der Waals surface area contributed by atoms with Crippen molar-refractivity contribution < 1.29 is 15.0 Å². The second-order valence-corrected chi connectivity index (χ2v) is 10.5. The number of nitrogens with two attached hydrogens (primary N) is 1. The molecule has 7 nitrogen and oxygen atoms in total. The molecule has 0 aliphatic carbocycles. The molecule has 2 aliphatic heterocycles. The van der Waals surface area contributed by atoms with Gasteiger partial charge in [0.2, 0.25) is 0 Å². The standard InChI is InChI=1S/C29H38N4O3/c1-4-13-33(19-29(2,3)36)28(35)24-16-23-12-11-22(17-25(23)31-26(30)18-24)20-7-9-21(10-8-20)27(34)32-14-5-6-15-32/h7-12,16-17,28,35-36H,4-6,13-15,18-19H2,1-3H3,(H2,30,31). The Morgan fingerprint density at radius 1 is 1.14 bits per heavy atom. The minimum Gasteiger partial charge on any atom is -0.389 e. The Hall–Kier alpha value is -3.00. The van der Waals surface area contributed by atoms with Crippen molar-refractivity contribution in [2.45, 2.75) is 58.3 Å². The highest BCUT2D eigenvalue weighted by Crippen LogP contribution is 2.33. The van der Waals surface area contributed by atoms with Gasteiger partial charge in [0, 0.05) is 43.7 Å². The molecule has 2 aromatic rings. The van der Waals surface area contributed by atoms with Crippen LogP contribution in [0.4, 0.5) is 5.69 Å². The second kappa shape index (κ2) is 10.9. The maximum absolute atomic E-state index is 12.7. The Balaban J connectivity index is 1.58. The van der Waals surface area contributed by atoms with E-state index in [-0.39, 0.29) is 5.91 Å². The molecule has 36 heavy (non-hydrogen) atoms. The maximum Gasteiger partial charge on any atom is 0.253 e. The molecular weight excluding hydrogens is 452 g/mol. The lowest BCUT2D eigenvalue weighted by atomic mass is 9.99. The van der Waals surface area contributed by atoms with Gasteiger partial charge in [0.05, 0.1) is 11.3 Å². The SMILES string of the molecule is CCCN(CC(C)(C)O)C(O)C1=Cc2ccc(-c3ccc(C(=O)N4CCCC4)cc3)cc2N=C(N)C1. The highest BCUT2D eigenvalue weighted by Gasteiger charge is 2.27. The number of benzene rings is 2. The summed E-state index contributed by atoms with van der Waals surface area (Å²) in [6, 6.07) is 13.7. The van der Waals surface area contributed by atoms with Gasteiger partial charge < -0.3 is 20.8 Å². The molecule has 4 N–H and O–H groups in total. The van der Waals surface area contributed by atoms with Crippen molar-refractivity contribution in [1.29, 1.82) is 0 Å². The number of likely N-dealkylation sites (tertiary alicyclic amines) is 1. The zero-order valence-electron chi connectivity index (χ0n) is 21.6. The normalized spacial score (nSPS) is 16.9. The molecule has 2 aromatic carbocycles. The molecule has 1 amide bonds. The highest BCUT2D eigenvalue weighted by atomic mass is 16.3. The van der Waals surface area contributed by atoms with E-state index in [1.165, 1.54) is 0 Å². The van der Waals surface area contributed by atoms with Gasteiger partial charge in [-0.15, -0.1) is 0 Å². The fraction of sp³-hybridized carbons (Fsp3) is 0.448. The lowest BCUT2D eigenvalue weighted by molar-refractivity contribution is -0.0315. The summed E-state index contributed by atoms with van der Waals surface area (Å²) in [4.78, 5) is 21.1. The smallest absolute Gasteiger partial charge is 0.253 e. The summed E-state index contributed by atoms with van der Waals surface area (Å²) >= 11 is 0. The van der Waals surface area contributed by atoms with Gasteiger partial charge in [-0.1, -0.05) is 31.2 Å². The number of aliphatic imine (C=N–C) groups is 1. The van der Waals surface area contributed by atoms with Gasteiger partial charge >= 0.3 is 0 Å². The summed E-state index contributed by atoms with van der Waals surface area (Å²) in [6.45, 7) is 8.20. The average Bonchev–Trinajstić information content (AvgIpc) is 3.32. The van der Waals surface area contributed by atoms with Crippen LogP contribution in [0.5, 0.6) is 0 Å². The average molecular weight is 491 g/mol. The summed E-state index contributed by atoms with van der Waals surface area (Å²) in [6.07, 6.45) is 4.45. The molecule has 0 radical (unpaired) electrons. The number of amides is 1. The first-order chi connectivity index (χ1) is 17.1. The molecule has 0 saturated carbocycles. The van der Waals surface area contributed by atoms with Gasteiger partial charge in [-0.25, -0.2) is 4.99 Å². The zero-order valence-corrected chi connectivity index (χ0v) is 21.6. The molecule has 0 spiro atoms. The van der Waals surface area contributed by atoms with Crippen molar-refractivity contribution in [2.24, 2.45) is 10.7 Å². The fourth-order valence-electron chi connectivity index (χ4n) is 4.98. The summed E-state index contributed by atoms with van der Waals surface area (Å²) in [5.74, 6) is 0.527. The van der Waals surface area contributed by atoms with Crippen molar-refractivity contribution in [3.05, 3.63) is 59.2 Å². The quantitative estimate of drug-likeness (QED) is 0.482. The van der Waals surface area contributed by atoms with Crippen molar-refractivity contribution >= 4 is 23.5 Å². The van der Waals surface area contributed by atoms with Crippen molar-refractivity contribution in [3.63, 3.8) is 0 Å². The first-order valence-electron chi connectivity index (χ1n) is 12.9. The number of aliphatic hydroxyl groups excluding tert-OH is 1. The van der Waals surface area contributed by atoms with Gasteiger partial charge in [0.15, 0.2) is 0 Å². The van der Waals surface area contributed by atoms with E-state index in [0.717, 1.165) is 60.3 Å². The van der Waals surface area contributed by atoms with Crippen LogP contribution in [0, 0.1) is 0 Å². The largest absolute Gasteiger partial charge is 0.389 e. The molecule has 1 fully saturated rings. The number of fused-ring (bicyclic) bond motifs is 1. The second-order valence-electron chi connectivity index (χ2n) is 10.5. The number of amidine groups is 1. The lowest BCUT2D eigenvalue weighted by Gasteiger charge is -2.33. The Bertz CT molecular complexity index is 1140. The minimum absolute atomic E-state index is 0.0938. The number of hydrogen-bond acceptors (Lipinski definition) is 6. The maximum atomic E-state index is 12.7. The Kier molecular flexibility index (Phi) is 7.93. The molecule has 2 aliphatic rings. The van der Waals surface area contributed by atoms with E-state index in [2.05, 4.69) is 4.99 Å². The first-order valence-corrected chi connectivity index (χ1v) is 12.9. The number of aliphatic hydroxyl groups is 2. The van der Waals surface area contributed by atoms with Crippen molar-refractivity contribution in [3.8, 4) is 11.1 Å². The topological polar surface area (TPSA) is 102 Å². The highest BCUT2D eigenvalue weighted by molar-refractivity contribution is 5.95. The van der Waals surface area contributed by atoms with E-state index in [1.807, 2.05) is 65.3 Å². The number of nitrogens with zero attached hydrogens (tertiary/aromatic N) is 3. The molecule has 1 atom stereocenters. The number of hydrogen-bond donors (Lipinski definition) is 3. The summed E-state index contributed by atoms with van der Waals surface area (Å²) < 4.78 is 0. The molecule has 4 rings (SSSR count). The van der Waals surface area contributed by atoms with Crippen LogP contribution in [0.25, 0.3) is 17.2 Å². The van der Waals surface area contributed by atoms with E-state index >= 15 is 0 Å². The number of rotatable bonds is 8. The van der Waals surface area contributed by atoms with Crippen LogP contribution < -0.4 is 5.73 Å². The molecular formula is C29H38N4O3. The fourth-order valence-corrected chi connectivity index (χ4v) is 4.98. The summed E-state index contributed by atoms with van der Waals surface area (Å²) in [5, 5.41) is 21.5. The molecule has 2 heterocycles. The third-order valence-corrected chi connectivity index (χ3v) is 6.66. The van der Waals surface area contributed by atoms with E-state index in [0.29, 0.717) is 30.9 Å². The first kappa shape index (κ1) is 26.1. The molecule has 0 bridgehead atoms. The van der Waals surface area contributed by atoms with E-state index < -0.39 is 11.8 Å². The van der Waals surface area contributed by atoms with Crippen LogP contribution in [0.2, 0.25) is 0 Å². The van der Waals surface area contributed by atoms with Crippen LogP contribution in [-0.2, 0) is 0 Å². The van der Waals surface area contributed by atoms with Crippen LogP contribution in [0.15, 0.2) is 53.0 Å². The molecule has 7 heteroatoms. The van der Waals surface area contributed by atoms with Crippen LogP contribution in [0.1, 0.15) is 62.4 Å². The minimum atomic E-state index is -0.928. The predicted octanol–water partition coefficient (Wildman–Crippen LogP) is 4.17. The molecule has 1 saturated heterocycles. The van der Waals surface area contributed by atoms with Crippen LogP contribution in [-0.4, -0.2) is 69.8 Å². The third kappa shape index (κ3) is 6.22. The van der Waals surface area contributed by atoms with Crippen molar-refractivity contribution in [1.82, 2.24) is 9.80 Å². The Labute approximate surface area is 213 Å². The number of carbonyl (C=O) groups is 1. The Morgan fingerprint density at radius 3 is 2.44 bits per heavy atom. The lowest BCUT2D eigenvalue weighted by Crippen LogP contribution is -2.46. The van der Waals surface area contributed by atoms with Gasteiger partial charge in [-0.05, 0) is 74.1 Å². The van der Waals surface area contributed by atoms with Gasteiger partial charge in [0.25, 0.3) is 5.91 Å². The van der Waals surface area contributed by atoms with E-state index in [4.69, 9.17) is 5.73 Å². The Morgan fingerprint density at radius 2 is 1.81 bits per heavy atom. The van der Waals surface area contributed by atoms with Gasteiger partial charge in [-0.3, -0.25) is 9.69 Å². The van der Waals surface area contributed by atoms with E-state index in [1.54, 1.807) is 13.8 Å². The number of carbonyl (C=O) groups excluding carboxylic acids is 1. The summed E-state index contributed by atoms with van der Waals surface area (Å²) in [7, 11) is 0. The van der Waals surface area contributed by atoms with Gasteiger partial charge in [0.1, 0.15) is 12.1 Å². The molecule has 192 valence electrons. The van der Waals surface area contributed by atoms with Gasteiger partial charge in [-0.2, -0.15) is 0 Å². The van der Waals surface area contributed by atoms with E-state index in [9.17, 15) is 15.0 Å².